The normalized spacial score (nSPS) is 12.4. The minimum absolute atomic E-state index is 0.256. The van der Waals surface area contributed by atoms with Crippen LogP contribution in [0.4, 0.5) is 5.69 Å². The molecule has 5 heteroatoms. The van der Waals surface area contributed by atoms with E-state index in [1.165, 1.54) is 75.8 Å². The second kappa shape index (κ2) is 16.1. The molecule has 10 aromatic carbocycles. The molecule has 0 unspecified atom stereocenters. The highest BCUT2D eigenvalue weighted by atomic mass is 16.4. The molecule has 314 valence electrons. The average molecular weight is 843 g/mol. The Morgan fingerprint density at radius 3 is 1.72 bits per heavy atom. The van der Waals surface area contributed by atoms with Crippen LogP contribution in [0.25, 0.3) is 98.1 Å². The van der Waals surface area contributed by atoms with Crippen LogP contribution in [-0.2, 0) is 12.8 Å². The van der Waals surface area contributed by atoms with Gasteiger partial charge < -0.3 is 14.8 Å². The summed E-state index contributed by atoms with van der Waals surface area (Å²) in [6, 6.07) is 59.8. The van der Waals surface area contributed by atoms with Crippen molar-refractivity contribution in [1.29, 1.82) is 0 Å². The zero-order valence-electron chi connectivity index (χ0n) is 36.0. The first-order valence-electron chi connectivity index (χ1n) is 22.9. The third-order valence-electron chi connectivity index (χ3n) is 13.7. The fourth-order valence-corrected chi connectivity index (χ4v) is 10.6. The zero-order valence-corrected chi connectivity index (χ0v) is 36.0. The van der Waals surface area contributed by atoms with E-state index in [-0.39, 0.29) is 5.56 Å². The highest BCUT2D eigenvalue weighted by Crippen LogP contribution is 2.42. The second-order valence-electron chi connectivity index (χ2n) is 17.6. The van der Waals surface area contributed by atoms with Gasteiger partial charge in [0.2, 0.25) is 0 Å². The van der Waals surface area contributed by atoms with Gasteiger partial charge in [-0.05, 0) is 150 Å². The predicted octanol–water partition coefficient (Wildman–Crippen LogP) is 15.1. The van der Waals surface area contributed by atoms with Crippen LogP contribution >= 0.6 is 0 Å². The minimum Gasteiger partial charge on any atom is -0.478 e. The molecule has 1 aliphatic carbocycles. The van der Waals surface area contributed by atoms with Crippen molar-refractivity contribution in [2.24, 2.45) is 4.99 Å². The van der Waals surface area contributed by atoms with Crippen molar-refractivity contribution in [1.82, 2.24) is 0 Å². The van der Waals surface area contributed by atoms with Crippen molar-refractivity contribution in [2.45, 2.75) is 38.5 Å². The number of carbonyl (C=O) groups is 1. The number of carboxylic acid groups (broad SMARTS) is 1. The van der Waals surface area contributed by atoms with Gasteiger partial charge in [-0.15, -0.1) is 0 Å². The molecule has 0 fully saturated rings. The number of unbranched alkanes of at least 4 members (excludes halogenated alkanes) is 2. The zero-order chi connectivity index (χ0) is 43.4. The third-order valence-corrected chi connectivity index (χ3v) is 13.7. The summed E-state index contributed by atoms with van der Waals surface area (Å²) >= 11 is 0. The van der Waals surface area contributed by atoms with E-state index in [0.717, 1.165) is 72.6 Å². The maximum atomic E-state index is 12.5. The Balaban J connectivity index is 0.780. The Bertz CT molecular complexity index is 3780. The van der Waals surface area contributed by atoms with Gasteiger partial charge in [-0.1, -0.05) is 127 Å². The first kappa shape index (κ1) is 38.9. The summed E-state index contributed by atoms with van der Waals surface area (Å²) < 4.78 is 6.69. The lowest BCUT2D eigenvalue weighted by atomic mass is 9.90. The van der Waals surface area contributed by atoms with Gasteiger partial charge in [0, 0.05) is 47.4 Å². The maximum Gasteiger partial charge on any atom is 0.336 e. The molecular formula is C60H46N2O3. The monoisotopic (exact) mass is 842 g/mol. The van der Waals surface area contributed by atoms with Crippen molar-refractivity contribution < 1.29 is 14.3 Å². The molecule has 0 spiro atoms. The van der Waals surface area contributed by atoms with Crippen LogP contribution in [0.15, 0.2) is 179 Å². The fourth-order valence-electron chi connectivity index (χ4n) is 10.6. The van der Waals surface area contributed by atoms with Gasteiger partial charge in [-0.25, -0.2) is 4.79 Å². The maximum absolute atomic E-state index is 12.5. The molecule has 12 rings (SSSR count). The van der Waals surface area contributed by atoms with Crippen molar-refractivity contribution in [2.75, 3.05) is 18.4 Å². The Kier molecular flexibility index (Phi) is 9.63. The Labute approximate surface area is 376 Å². The molecule has 2 N–H and O–H groups in total. The molecule has 0 saturated carbocycles. The Morgan fingerprint density at radius 1 is 0.508 bits per heavy atom. The summed E-state index contributed by atoms with van der Waals surface area (Å²) in [6.07, 6.45) is 6.06. The van der Waals surface area contributed by atoms with Crippen molar-refractivity contribution in [3.05, 3.63) is 192 Å². The number of aryl methyl sites for hydroxylation is 2. The Hall–Kier alpha value is -7.76. The lowest BCUT2D eigenvalue weighted by molar-refractivity contribution is 0.0697. The molecule has 5 nitrogen and oxygen atoms in total. The molecule has 10 aromatic rings. The van der Waals surface area contributed by atoms with Crippen LogP contribution in [0, 0.1) is 0 Å². The second-order valence-corrected chi connectivity index (χ2v) is 17.6. The number of fused-ring (bicyclic) bond motifs is 2. The molecular weight excluding hydrogens is 797 g/mol. The van der Waals surface area contributed by atoms with Gasteiger partial charge >= 0.3 is 5.97 Å². The van der Waals surface area contributed by atoms with Crippen LogP contribution < -0.4 is 10.7 Å². The van der Waals surface area contributed by atoms with E-state index in [9.17, 15) is 9.90 Å². The van der Waals surface area contributed by atoms with Gasteiger partial charge in [0.1, 0.15) is 11.3 Å². The van der Waals surface area contributed by atoms with Gasteiger partial charge in [-0.2, -0.15) is 0 Å². The number of hydrogen-bond acceptors (Lipinski definition) is 4. The largest absolute Gasteiger partial charge is 0.478 e. The van der Waals surface area contributed by atoms with Crippen LogP contribution in [0.3, 0.4) is 0 Å². The fraction of sp³-hybridized carbons (Fsp3) is 0.133. The molecule has 0 amide bonds. The van der Waals surface area contributed by atoms with Crippen molar-refractivity contribution >= 4 is 87.3 Å². The van der Waals surface area contributed by atoms with Crippen LogP contribution in [0.2, 0.25) is 0 Å². The van der Waals surface area contributed by atoms with E-state index in [1.54, 1.807) is 12.1 Å². The SMILES string of the molecule is O=C(O)c1ccccc1-c1c2ccc(=NCCCCc3ccc4ccc5cccc6ccc3c4c56)cc-2oc2cc(NCCCCc3ccc4ccc5cccc6ccc3c4c56)ccc12. The lowest BCUT2D eigenvalue weighted by Gasteiger charge is -2.17. The van der Waals surface area contributed by atoms with Gasteiger partial charge in [0.05, 0.1) is 10.9 Å². The van der Waals surface area contributed by atoms with E-state index in [1.807, 2.05) is 36.4 Å². The number of nitrogens with one attached hydrogen (secondary N) is 1. The van der Waals surface area contributed by atoms with Gasteiger partial charge in [-0.3, -0.25) is 4.99 Å². The summed E-state index contributed by atoms with van der Waals surface area (Å²) in [7, 11) is 0. The van der Waals surface area contributed by atoms with E-state index in [4.69, 9.17) is 9.41 Å². The van der Waals surface area contributed by atoms with E-state index in [2.05, 4.69) is 127 Å². The highest BCUT2D eigenvalue weighted by molar-refractivity contribution is 6.24. The average Bonchev–Trinajstić information content (AvgIpc) is 3.34. The van der Waals surface area contributed by atoms with Gasteiger partial charge in [0.25, 0.3) is 0 Å². The Morgan fingerprint density at radius 2 is 1.08 bits per heavy atom. The quantitative estimate of drug-likeness (QED) is 0.0689. The first-order valence-corrected chi connectivity index (χ1v) is 22.9. The number of nitrogens with zero attached hydrogens (tertiary/aromatic N) is 1. The standard InChI is InChI=1S/C60H46N2O3/c63-60(64)50-16-2-1-15-49(50)59-51-31-27-45(61-33-5-3-9-37-17-19-43-23-21-39-11-7-13-41-25-29-47(37)57(43)55(39)41)35-53(51)65-54-36-46(28-32-52(54)59)62-34-6-4-10-38-18-20-44-24-22-40-12-8-14-42-26-30-48(38)58(44)56(40)42/h1-2,7-8,11-32,35-36,61H,3-6,9-10,33-34H2,(H,63,64). The van der Waals surface area contributed by atoms with Crippen molar-refractivity contribution in [3.63, 3.8) is 0 Å². The molecule has 2 aliphatic rings. The van der Waals surface area contributed by atoms with Crippen LogP contribution in [-0.4, -0.2) is 24.2 Å². The molecule has 1 aliphatic heterocycles. The lowest BCUT2D eigenvalue weighted by Crippen LogP contribution is -2.06. The van der Waals surface area contributed by atoms with Crippen molar-refractivity contribution in [3.8, 4) is 22.5 Å². The highest BCUT2D eigenvalue weighted by Gasteiger charge is 2.22. The molecule has 0 atom stereocenters. The molecule has 0 bridgehead atoms. The van der Waals surface area contributed by atoms with Crippen LogP contribution in [0.5, 0.6) is 0 Å². The molecule has 1 heterocycles. The third kappa shape index (κ3) is 6.87. The molecule has 0 radical (unpaired) electrons. The smallest absolute Gasteiger partial charge is 0.336 e. The first-order chi connectivity index (χ1) is 32.1. The van der Waals surface area contributed by atoms with E-state index >= 15 is 0 Å². The minimum atomic E-state index is -0.961. The predicted molar refractivity (Wildman–Crippen MR) is 270 cm³/mol. The number of hydrogen-bond donors (Lipinski definition) is 2. The summed E-state index contributed by atoms with van der Waals surface area (Å²) in [5, 5.41) is 31.6. The molecule has 65 heavy (non-hydrogen) atoms. The van der Waals surface area contributed by atoms with E-state index in [0.29, 0.717) is 23.5 Å². The van der Waals surface area contributed by atoms with Crippen LogP contribution in [0.1, 0.15) is 47.2 Å². The summed E-state index contributed by atoms with van der Waals surface area (Å²) in [6.45, 7) is 1.52. The van der Waals surface area contributed by atoms with Gasteiger partial charge in [0.15, 0.2) is 0 Å². The molecule has 0 aromatic heterocycles. The molecule has 0 saturated heterocycles. The number of carboxylic acids is 1. The number of rotatable bonds is 13. The topological polar surface area (TPSA) is 74.8 Å². The summed E-state index contributed by atoms with van der Waals surface area (Å²) in [4.78, 5) is 17.6. The van der Waals surface area contributed by atoms with E-state index < -0.39 is 5.97 Å². The summed E-state index contributed by atoms with van der Waals surface area (Å²) in [5.74, 6) is -0.287. The number of aromatic carboxylic acids is 1. The number of benzene rings is 11. The number of anilines is 1. The summed E-state index contributed by atoms with van der Waals surface area (Å²) in [5.41, 5.74) is 7.05.